The molecule has 2 aliphatic heterocycles. The second-order valence-electron chi connectivity index (χ2n) is 10.5. The van der Waals surface area contributed by atoms with Crippen LogP contribution in [0.15, 0.2) is 48.7 Å². The Morgan fingerprint density at radius 1 is 1.10 bits per heavy atom. The first-order chi connectivity index (χ1) is 19.6. The number of aromatic carboxylic acids is 1. The van der Waals surface area contributed by atoms with E-state index in [2.05, 4.69) is 5.32 Å². The summed E-state index contributed by atoms with van der Waals surface area (Å²) in [4.78, 5) is 55.5. The van der Waals surface area contributed by atoms with Crippen LogP contribution in [0.4, 0.5) is 23.2 Å². The number of carbonyl (C=O) groups excluding carboxylic acids is 3. The Balaban J connectivity index is 1.58. The number of benzene rings is 2. The van der Waals surface area contributed by atoms with Crippen molar-refractivity contribution in [3.05, 3.63) is 76.2 Å². The lowest BCUT2D eigenvalue weighted by atomic mass is 9.89. The molecule has 2 heterocycles. The summed E-state index contributed by atoms with van der Waals surface area (Å²) in [7, 11) is 1.60. The highest BCUT2D eigenvalue weighted by molar-refractivity contribution is 6.33. The topological polar surface area (TPSA) is 110 Å². The number of nitrogens with one attached hydrogen (secondary N) is 1. The van der Waals surface area contributed by atoms with Gasteiger partial charge in [-0.2, -0.15) is 13.2 Å². The zero-order valence-corrected chi connectivity index (χ0v) is 23.5. The Kier molecular flexibility index (Phi) is 8.27. The Labute approximate surface area is 243 Å². The molecule has 2 aliphatic rings. The van der Waals surface area contributed by atoms with Gasteiger partial charge in [-0.25, -0.2) is 9.18 Å². The van der Waals surface area contributed by atoms with E-state index in [-0.39, 0.29) is 36.1 Å². The first-order valence-corrected chi connectivity index (χ1v) is 13.2. The van der Waals surface area contributed by atoms with Crippen LogP contribution in [0.3, 0.4) is 0 Å². The van der Waals surface area contributed by atoms with Gasteiger partial charge in [0, 0.05) is 31.9 Å². The molecule has 0 aliphatic carbocycles. The molecule has 0 bridgehead atoms. The van der Waals surface area contributed by atoms with Gasteiger partial charge in [-0.15, -0.1) is 0 Å². The number of nitrogens with zero attached hydrogens (tertiary/aromatic N) is 3. The quantitative estimate of drug-likeness (QED) is 0.470. The van der Waals surface area contributed by atoms with Crippen molar-refractivity contribution in [3.63, 3.8) is 0 Å². The standard InChI is InChI=1S/C28H27ClF4N4O5/c1-15(2)22(34-23(38)19-12-16(28(31,32)33)4-7-21(19)30)24(39)36-10-8-27(9-11-36)26(42)35(3)14-37(27)17-5-6-18(25(40)41)20(29)13-17/h4-8,10,12-13,15,22H,9,11,14H2,1-3H3,(H,34,38)(H,40,41)/t22-,27?/m1/s1. The highest BCUT2D eigenvalue weighted by Gasteiger charge is 2.51. The molecule has 3 amide bonds. The fourth-order valence-corrected chi connectivity index (χ4v) is 5.30. The maximum absolute atomic E-state index is 14.3. The number of amides is 3. The Morgan fingerprint density at radius 3 is 2.33 bits per heavy atom. The van der Waals surface area contributed by atoms with Crippen LogP contribution in [0, 0.1) is 11.7 Å². The van der Waals surface area contributed by atoms with Crippen LogP contribution in [-0.2, 0) is 15.8 Å². The summed E-state index contributed by atoms with van der Waals surface area (Å²) in [6.07, 6.45) is -1.74. The zero-order chi connectivity index (χ0) is 31.1. The first-order valence-electron chi connectivity index (χ1n) is 12.8. The summed E-state index contributed by atoms with van der Waals surface area (Å²) in [6, 6.07) is 4.55. The third-order valence-electron chi connectivity index (χ3n) is 7.35. The Bertz CT molecular complexity index is 1480. The molecule has 2 aromatic carbocycles. The predicted molar refractivity (Wildman–Crippen MR) is 144 cm³/mol. The van der Waals surface area contributed by atoms with Crippen LogP contribution in [0.2, 0.25) is 5.02 Å². The van der Waals surface area contributed by atoms with Gasteiger partial charge in [0.2, 0.25) is 5.91 Å². The number of carboxylic acid groups (broad SMARTS) is 1. The first kappa shape index (κ1) is 30.8. The molecule has 14 heteroatoms. The van der Waals surface area contributed by atoms with Gasteiger partial charge in [-0.05, 0) is 48.4 Å². The second kappa shape index (κ2) is 11.3. The Morgan fingerprint density at radius 2 is 1.79 bits per heavy atom. The van der Waals surface area contributed by atoms with E-state index in [0.717, 1.165) is 0 Å². The number of alkyl halides is 3. The summed E-state index contributed by atoms with van der Waals surface area (Å²) in [5.41, 5.74) is -2.88. The van der Waals surface area contributed by atoms with E-state index in [9.17, 15) is 41.8 Å². The lowest BCUT2D eigenvalue weighted by Gasteiger charge is -2.40. The van der Waals surface area contributed by atoms with Gasteiger partial charge >= 0.3 is 12.1 Å². The summed E-state index contributed by atoms with van der Waals surface area (Å²) in [5, 5.41) is 11.6. The number of anilines is 1. The number of halogens is 5. The highest BCUT2D eigenvalue weighted by Crippen LogP contribution is 2.39. The third kappa shape index (κ3) is 5.65. The van der Waals surface area contributed by atoms with Gasteiger partial charge in [0.1, 0.15) is 17.4 Å². The van der Waals surface area contributed by atoms with Crippen molar-refractivity contribution in [2.45, 2.75) is 38.0 Å². The maximum Gasteiger partial charge on any atom is 0.416 e. The summed E-state index contributed by atoms with van der Waals surface area (Å²) < 4.78 is 53.7. The van der Waals surface area contributed by atoms with Gasteiger partial charge in [-0.1, -0.05) is 25.4 Å². The van der Waals surface area contributed by atoms with E-state index in [1.54, 1.807) is 25.8 Å². The molecular formula is C28H27ClF4N4O5. The van der Waals surface area contributed by atoms with Gasteiger partial charge in [0.15, 0.2) is 0 Å². The molecule has 4 rings (SSSR count). The number of carboxylic acids is 1. The fraction of sp³-hybridized carbons (Fsp3) is 0.357. The van der Waals surface area contributed by atoms with Crippen LogP contribution < -0.4 is 10.2 Å². The van der Waals surface area contributed by atoms with Gasteiger partial charge < -0.3 is 25.1 Å². The smallest absolute Gasteiger partial charge is 0.416 e. The minimum atomic E-state index is -4.80. The summed E-state index contributed by atoms with van der Waals surface area (Å²) in [6.45, 7) is 3.42. The SMILES string of the molecule is CC(C)[C@@H](NC(=O)c1cc(C(F)(F)F)ccc1F)C(=O)N1C=CC2(CC1)C(=O)N(C)CN2c1ccc(C(=O)O)c(Cl)c1. The molecular weight excluding hydrogens is 584 g/mol. The van der Waals surface area contributed by atoms with Crippen molar-refractivity contribution in [1.82, 2.24) is 15.1 Å². The van der Waals surface area contributed by atoms with E-state index in [0.29, 0.717) is 23.9 Å². The van der Waals surface area contributed by atoms with E-state index in [1.165, 1.54) is 40.3 Å². The number of rotatable bonds is 6. The largest absolute Gasteiger partial charge is 0.478 e. The fourth-order valence-electron chi connectivity index (χ4n) is 5.04. The van der Waals surface area contributed by atoms with Crippen LogP contribution in [0.5, 0.6) is 0 Å². The van der Waals surface area contributed by atoms with Crippen molar-refractivity contribution >= 4 is 41.0 Å². The number of likely N-dealkylation sites (N-methyl/N-ethyl adjacent to an activating group) is 1. The predicted octanol–water partition coefficient (Wildman–Crippen LogP) is 4.37. The number of carbonyl (C=O) groups is 4. The number of hydrogen-bond donors (Lipinski definition) is 2. The summed E-state index contributed by atoms with van der Waals surface area (Å²) in [5.74, 6) is -4.94. The van der Waals surface area contributed by atoms with Crippen LogP contribution in [0.25, 0.3) is 0 Å². The molecule has 2 N–H and O–H groups in total. The molecule has 1 unspecified atom stereocenters. The minimum absolute atomic E-state index is 0.0125. The molecule has 2 atom stereocenters. The highest BCUT2D eigenvalue weighted by atomic mass is 35.5. The summed E-state index contributed by atoms with van der Waals surface area (Å²) >= 11 is 6.17. The Hall–Kier alpha value is -4.13. The van der Waals surface area contributed by atoms with Crippen molar-refractivity contribution < 1.29 is 41.8 Å². The molecule has 1 fully saturated rings. The van der Waals surface area contributed by atoms with E-state index in [4.69, 9.17) is 11.6 Å². The average Bonchev–Trinajstić information content (AvgIpc) is 3.15. The van der Waals surface area contributed by atoms with E-state index in [1.807, 2.05) is 0 Å². The molecule has 42 heavy (non-hydrogen) atoms. The lowest BCUT2D eigenvalue weighted by molar-refractivity contribution is -0.137. The molecule has 2 aromatic rings. The minimum Gasteiger partial charge on any atom is -0.478 e. The average molecular weight is 611 g/mol. The second-order valence-corrected chi connectivity index (χ2v) is 10.9. The van der Waals surface area contributed by atoms with Gasteiger partial charge in [-0.3, -0.25) is 14.4 Å². The zero-order valence-electron chi connectivity index (χ0n) is 22.7. The van der Waals surface area contributed by atoms with Gasteiger partial charge in [0.25, 0.3) is 11.8 Å². The molecule has 0 aromatic heterocycles. The molecule has 1 saturated heterocycles. The van der Waals surface area contributed by atoms with E-state index >= 15 is 0 Å². The van der Waals surface area contributed by atoms with Crippen molar-refractivity contribution in [2.24, 2.45) is 5.92 Å². The monoisotopic (exact) mass is 610 g/mol. The van der Waals surface area contributed by atoms with E-state index < -0.39 is 58.4 Å². The van der Waals surface area contributed by atoms with Crippen molar-refractivity contribution in [3.8, 4) is 0 Å². The van der Waals surface area contributed by atoms with Crippen molar-refractivity contribution in [2.75, 3.05) is 25.2 Å². The molecule has 224 valence electrons. The third-order valence-corrected chi connectivity index (χ3v) is 7.66. The van der Waals surface area contributed by atoms with Crippen LogP contribution >= 0.6 is 11.6 Å². The normalized spacial score (nSPS) is 19.5. The number of hydrogen-bond acceptors (Lipinski definition) is 5. The molecule has 1 spiro atoms. The lowest BCUT2D eigenvalue weighted by Crippen LogP contribution is -2.55. The van der Waals surface area contributed by atoms with Gasteiger partial charge in [0.05, 0.1) is 28.4 Å². The van der Waals surface area contributed by atoms with Crippen molar-refractivity contribution in [1.29, 1.82) is 0 Å². The maximum atomic E-state index is 14.3. The molecule has 0 radical (unpaired) electrons. The molecule has 9 nitrogen and oxygen atoms in total. The molecule has 0 saturated carbocycles. The van der Waals surface area contributed by atoms with Crippen LogP contribution in [0.1, 0.15) is 46.5 Å². The van der Waals surface area contributed by atoms with Crippen LogP contribution in [-0.4, -0.2) is 70.4 Å².